The lowest BCUT2D eigenvalue weighted by atomic mass is 10.1. The lowest BCUT2D eigenvalue weighted by Gasteiger charge is -2.41. The number of rotatable bonds is 7. The van der Waals surface area contributed by atoms with Crippen LogP contribution in [0.4, 0.5) is 0 Å². The number of fused-ring (bicyclic) bond motifs is 1. The van der Waals surface area contributed by atoms with Crippen molar-refractivity contribution in [3.63, 3.8) is 0 Å². The zero-order chi connectivity index (χ0) is 18.5. The summed E-state index contributed by atoms with van der Waals surface area (Å²) in [5, 5.41) is 10.7. The third kappa shape index (κ3) is 4.59. The van der Waals surface area contributed by atoms with Gasteiger partial charge < -0.3 is 9.52 Å². The Morgan fingerprint density at radius 3 is 2.63 bits per heavy atom. The van der Waals surface area contributed by atoms with E-state index in [1.54, 1.807) is 0 Å². The highest BCUT2D eigenvalue weighted by atomic mass is 16.3. The first-order valence-corrected chi connectivity index (χ1v) is 9.90. The molecule has 2 heterocycles. The van der Waals surface area contributed by atoms with E-state index in [1.165, 1.54) is 10.9 Å². The Balaban J connectivity index is 1.36. The first-order valence-electron chi connectivity index (χ1n) is 9.90. The molecule has 4 heteroatoms. The molecule has 142 valence electrons. The van der Waals surface area contributed by atoms with Crippen molar-refractivity contribution in [2.24, 2.45) is 0 Å². The summed E-state index contributed by atoms with van der Waals surface area (Å²) in [7, 11) is 0. The number of aliphatic hydroxyl groups is 1. The maximum absolute atomic E-state index is 9.53. The smallest absolute Gasteiger partial charge is 0.134 e. The van der Waals surface area contributed by atoms with Crippen LogP contribution >= 0.6 is 0 Å². The summed E-state index contributed by atoms with van der Waals surface area (Å²) in [6.07, 6.45) is 1.89. The number of hydrogen-bond acceptors (Lipinski definition) is 4. The summed E-state index contributed by atoms with van der Waals surface area (Å²) in [6.45, 7) is 5.18. The van der Waals surface area contributed by atoms with E-state index in [1.807, 2.05) is 18.2 Å². The van der Waals surface area contributed by atoms with Crippen LogP contribution < -0.4 is 0 Å². The molecule has 1 atom stereocenters. The van der Waals surface area contributed by atoms with Crippen molar-refractivity contribution in [3.8, 4) is 0 Å². The van der Waals surface area contributed by atoms with Crippen molar-refractivity contribution in [2.45, 2.75) is 25.4 Å². The van der Waals surface area contributed by atoms with Crippen molar-refractivity contribution in [1.82, 2.24) is 9.80 Å². The second-order valence-electron chi connectivity index (χ2n) is 7.42. The van der Waals surface area contributed by atoms with Gasteiger partial charge in [-0.25, -0.2) is 0 Å². The molecule has 0 amide bonds. The van der Waals surface area contributed by atoms with Gasteiger partial charge in [0.1, 0.15) is 11.3 Å². The molecule has 3 aromatic rings. The Morgan fingerprint density at radius 2 is 1.81 bits per heavy atom. The number of benzene rings is 2. The fraction of sp³-hybridized carbons (Fsp3) is 0.391. The Kier molecular flexibility index (Phi) is 5.87. The standard InChI is InChI=1S/C23H28N2O2/c26-15-11-21-17-24(18-22-16-20-8-4-5-9-23(20)27-22)13-14-25(21)12-10-19-6-2-1-3-7-19/h1-9,16,21,26H,10-15,17-18H2. The zero-order valence-corrected chi connectivity index (χ0v) is 15.8. The molecule has 0 radical (unpaired) electrons. The van der Waals surface area contributed by atoms with Gasteiger partial charge in [0.2, 0.25) is 0 Å². The zero-order valence-electron chi connectivity index (χ0n) is 15.8. The minimum absolute atomic E-state index is 0.241. The second-order valence-corrected chi connectivity index (χ2v) is 7.42. The van der Waals surface area contributed by atoms with Gasteiger partial charge in [-0.05, 0) is 30.5 Å². The van der Waals surface area contributed by atoms with Crippen LogP contribution in [0.5, 0.6) is 0 Å². The van der Waals surface area contributed by atoms with E-state index in [4.69, 9.17) is 4.42 Å². The SMILES string of the molecule is OCCC1CN(Cc2cc3ccccc3o2)CCN1CCc1ccccc1. The predicted octanol–water partition coefficient (Wildman–Crippen LogP) is 3.54. The van der Waals surface area contributed by atoms with Crippen molar-refractivity contribution in [1.29, 1.82) is 0 Å². The molecule has 1 fully saturated rings. The van der Waals surface area contributed by atoms with E-state index in [-0.39, 0.29) is 6.61 Å². The predicted molar refractivity (Wildman–Crippen MR) is 109 cm³/mol. The first-order chi connectivity index (χ1) is 13.3. The fourth-order valence-corrected chi connectivity index (χ4v) is 4.07. The minimum Gasteiger partial charge on any atom is -0.460 e. The van der Waals surface area contributed by atoms with Crippen molar-refractivity contribution in [3.05, 3.63) is 72.0 Å². The van der Waals surface area contributed by atoms with Crippen LogP contribution in [0.1, 0.15) is 17.7 Å². The Morgan fingerprint density at radius 1 is 1.00 bits per heavy atom. The number of furan rings is 1. The third-order valence-electron chi connectivity index (χ3n) is 5.54. The Labute approximate surface area is 161 Å². The average molecular weight is 364 g/mol. The lowest BCUT2D eigenvalue weighted by Crippen LogP contribution is -2.53. The first kappa shape index (κ1) is 18.2. The van der Waals surface area contributed by atoms with Gasteiger partial charge in [0.05, 0.1) is 6.54 Å². The largest absolute Gasteiger partial charge is 0.460 e. The maximum Gasteiger partial charge on any atom is 0.134 e. The van der Waals surface area contributed by atoms with E-state index < -0.39 is 0 Å². The highest BCUT2D eigenvalue weighted by molar-refractivity contribution is 5.77. The topological polar surface area (TPSA) is 39.9 Å². The van der Waals surface area contributed by atoms with E-state index in [0.29, 0.717) is 6.04 Å². The summed E-state index contributed by atoms with van der Waals surface area (Å²) in [6, 6.07) is 21.4. The maximum atomic E-state index is 9.53. The van der Waals surface area contributed by atoms with Crippen LogP contribution in [0, 0.1) is 0 Å². The van der Waals surface area contributed by atoms with Crippen LogP contribution in [0.15, 0.2) is 65.1 Å². The molecule has 4 nitrogen and oxygen atoms in total. The lowest BCUT2D eigenvalue weighted by molar-refractivity contribution is 0.0532. The molecule has 4 rings (SSSR count). The molecule has 0 bridgehead atoms. The van der Waals surface area contributed by atoms with Crippen molar-refractivity contribution < 1.29 is 9.52 Å². The summed E-state index contributed by atoms with van der Waals surface area (Å²) >= 11 is 0. The normalized spacial score (nSPS) is 18.9. The van der Waals surface area contributed by atoms with E-state index in [2.05, 4.69) is 52.3 Å². The van der Waals surface area contributed by atoms with Gasteiger partial charge in [-0.2, -0.15) is 0 Å². The summed E-state index contributed by atoms with van der Waals surface area (Å²) in [5.41, 5.74) is 2.34. The minimum atomic E-state index is 0.241. The Bertz CT molecular complexity index is 813. The number of piperazine rings is 1. The summed E-state index contributed by atoms with van der Waals surface area (Å²) < 4.78 is 5.99. The van der Waals surface area contributed by atoms with Crippen LogP contribution in [0.2, 0.25) is 0 Å². The molecule has 1 aliphatic rings. The van der Waals surface area contributed by atoms with E-state index in [0.717, 1.165) is 56.9 Å². The van der Waals surface area contributed by atoms with Gasteiger partial charge in [0, 0.05) is 44.2 Å². The average Bonchev–Trinajstić information content (AvgIpc) is 3.11. The quantitative estimate of drug-likeness (QED) is 0.696. The van der Waals surface area contributed by atoms with Crippen molar-refractivity contribution in [2.75, 3.05) is 32.8 Å². The van der Waals surface area contributed by atoms with Gasteiger partial charge in [-0.1, -0.05) is 48.5 Å². The van der Waals surface area contributed by atoms with E-state index >= 15 is 0 Å². The molecule has 1 saturated heterocycles. The van der Waals surface area contributed by atoms with Gasteiger partial charge in [-0.3, -0.25) is 9.80 Å². The van der Waals surface area contributed by atoms with Crippen LogP contribution in [0.3, 0.4) is 0 Å². The highest BCUT2D eigenvalue weighted by Gasteiger charge is 2.26. The molecule has 1 unspecified atom stereocenters. The molecular formula is C23H28N2O2. The third-order valence-corrected chi connectivity index (χ3v) is 5.54. The van der Waals surface area contributed by atoms with Crippen LogP contribution in [-0.4, -0.2) is 53.7 Å². The molecule has 27 heavy (non-hydrogen) atoms. The molecular weight excluding hydrogens is 336 g/mol. The van der Waals surface area contributed by atoms with Crippen molar-refractivity contribution >= 4 is 11.0 Å². The van der Waals surface area contributed by atoms with Gasteiger partial charge in [0.15, 0.2) is 0 Å². The molecule has 1 aliphatic heterocycles. The summed E-state index contributed by atoms with van der Waals surface area (Å²) in [4.78, 5) is 5.00. The van der Waals surface area contributed by atoms with Crippen LogP contribution in [0.25, 0.3) is 11.0 Å². The molecule has 2 aromatic carbocycles. The van der Waals surface area contributed by atoms with Gasteiger partial charge >= 0.3 is 0 Å². The highest BCUT2D eigenvalue weighted by Crippen LogP contribution is 2.22. The molecule has 0 aliphatic carbocycles. The number of aliphatic hydroxyl groups excluding tert-OH is 1. The fourth-order valence-electron chi connectivity index (χ4n) is 4.07. The molecule has 1 N–H and O–H groups in total. The monoisotopic (exact) mass is 364 g/mol. The number of para-hydroxylation sites is 1. The number of hydrogen-bond donors (Lipinski definition) is 1. The van der Waals surface area contributed by atoms with Crippen LogP contribution in [-0.2, 0) is 13.0 Å². The molecule has 1 aromatic heterocycles. The summed E-state index contributed by atoms with van der Waals surface area (Å²) in [5.74, 6) is 1.02. The molecule has 0 spiro atoms. The van der Waals surface area contributed by atoms with Gasteiger partial charge in [0.25, 0.3) is 0 Å². The molecule has 0 saturated carbocycles. The Hall–Kier alpha value is -2.14. The van der Waals surface area contributed by atoms with Gasteiger partial charge in [-0.15, -0.1) is 0 Å². The second kappa shape index (κ2) is 8.70. The van der Waals surface area contributed by atoms with E-state index in [9.17, 15) is 5.11 Å². The number of nitrogens with zero attached hydrogens (tertiary/aromatic N) is 2.